The average Bonchev–Trinajstić information content (AvgIpc) is 3.34. The molecule has 3 aromatic rings. The first-order valence-corrected chi connectivity index (χ1v) is 13.8. The van der Waals surface area contributed by atoms with Gasteiger partial charge in [0.1, 0.15) is 5.82 Å². The van der Waals surface area contributed by atoms with E-state index in [-0.39, 0.29) is 24.0 Å². The normalized spacial score (nSPS) is 20.1. The van der Waals surface area contributed by atoms with E-state index < -0.39 is 27.7 Å². The Kier molecular flexibility index (Phi) is 7.04. The number of hydrogen-bond donors (Lipinski definition) is 3. The molecule has 0 unspecified atom stereocenters. The molecule has 0 spiro atoms. The van der Waals surface area contributed by atoms with Crippen molar-refractivity contribution in [2.75, 3.05) is 35.2 Å². The Labute approximate surface area is 219 Å². The summed E-state index contributed by atoms with van der Waals surface area (Å²) in [5.41, 5.74) is 4.36. The molecule has 0 aromatic heterocycles. The lowest BCUT2D eigenvalue weighted by molar-refractivity contribution is -0.133. The lowest BCUT2D eigenvalue weighted by atomic mass is 10.0. The molecule has 0 saturated carbocycles. The van der Waals surface area contributed by atoms with Crippen LogP contribution in [0.1, 0.15) is 15.9 Å². The van der Waals surface area contributed by atoms with E-state index in [0.717, 1.165) is 5.56 Å². The van der Waals surface area contributed by atoms with Gasteiger partial charge in [-0.3, -0.25) is 14.8 Å². The number of rotatable bonds is 6. The molecule has 3 N–H and O–H groups in total. The van der Waals surface area contributed by atoms with Crippen LogP contribution in [0.3, 0.4) is 0 Å². The fourth-order valence-corrected chi connectivity index (χ4v) is 6.48. The van der Waals surface area contributed by atoms with E-state index in [9.17, 15) is 27.6 Å². The van der Waals surface area contributed by atoms with Gasteiger partial charge in [0.15, 0.2) is 9.84 Å². The summed E-state index contributed by atoms with van der Waals surface area (Å²) in [6.07, 6.45) is 0. The quantitative estimate of drug-likeness (QED) is 0.326. The topological polar surface area (TPSA) is 119 Å². The summed E-state index contributed by atoms with van der Waals surface area (Å²) in [4.78, 5) is 29.5. The van der Waals surface area contributed by atoms with Crippen LogP contribution in [0, 0.1) is 11.7 Å². The maximum atomic E-state index is 13.3. The number of nitrogens with zero attached hydrogens (tertiary/aromatic N) is 2. The number of hydrogen-bond acceptors (Lipinski definition) is 7. The summed E-state index contributed by atoms with van der Waals surface area (Å²) in [7, 11) is -3.29. The summed E-state index contributed by atoms with van der Waals surface area (Å²) in [5, 5.41) is 12.1. The fourth-order valence-electron chi connectivity index (χ4n) is 5.00. The number of fused-ring (bicyclic) bond motifs is 1. The number of carbonyl (C=O) groups is 2. The van der Waals surface area contributed by atoms with Gasteiger partial charge in [0.05, 0.1) is 28.3 Å². The zero-order valence-corrected chi connectivity index (χ0v) is 21.2. The van der Waals surface area contributed by atoms with E-state index >= 15 is 0 Å². The minimum Gasteiger partial charge on any atom is -0.369 e. The number of halogens is 1. The van der Waals surface area contributed by atoms with Crippen molar-refractivity contribution in [2.24, 2.45) is 5.92 Å². The Hall–Kier alpha value is -3.96. The molecule has 2 atom stereocenters. The molecule has 9 nitrogen and oxygen atoms in total. The third-order valence-electron chi connectivity index (χ3n) is 7.04. The first-order chi connectivity index (χ1) is 18.2. The van der Waals surface area contributed by atoms with Gasteiger partial charge in [0, 0.05) is 37.4 Å². The molecular weight excluding hydrogens is 511 g/mol. The molecule has 38 heavy (non-hydrogen) atoms. The van der Waals surface area contributed by atoms with Crippen molar-refractivity contribution in [1.29, 1.82) is 0 Å². The number of hydroxylamine groups is 1. The highest BCUT2D eigenvalue weighted by Crippen LogP contribution is 2.31. The average molecular weight is 539 g/mol. The molecule has 11 heteroatoms. The second-order valence-electron chi connectivity index (χ2n) is 9.45. The first-order valence-electron chi connectivity index (χ1n) is 12.2. The predicted molar refractivity (Wildman–Crippen MR) is 139 cm³/mol. The van der Waals surface area contributed by atoms with Crippen LogP contribution in [0.4, 0.5) is 15.8 Å². The Balaban J connectivity index is 1.27. The van der Waals surface area contributed by atoms with Gasteiger partial charge in [-0.05, 0) is 54.1 Å². The summed E-state index contributed by atoms with van der Waals surface area (Å²) in [5.74, 6) is -2.01. The molecule has 2 heterocycles. The van der Waals surface area contributed by atoms with Gasteiger partial charge in [0.2, 0.25) is 5.91 Å². The van der Waals surface area contributed by atoms with Crippen molar-refractivity contribution in [3.8, 4) is 0 Å². The predicted octanol–water partition coefficient (Wildman–Crippen LogP) is 2.36. The van der Waals surface area contributed by atoms with Crippen molar-refractivity contribution >= 4 is 33.0 Å². The van der Waals surface area contributed by atoms with Crippen LogP contribution >= 0.6 is 0 Å². The van der Waals surface area contributed by atoms with Gasteiger partial charge in [-0.15, -0.1) is 0 Å². The number of amides is 2. The van der Waals surface area contributed by atoms with Crippen LogP contribution in [0.25, 0.3) is 0 Å². The van der Waals surface area contributed by atoms with Gasteiger partial charge in [0.25, 0.3) is 5.91 Å². The number of benzene rings is 3. The smallest absolute Gasteiger partial charge is 0.251 e. The van der Waals surface area contributed by atoms with E-state index in [0.29, 0.717) is 41.5 Å². The van der Waals surface area contributed by atoms with Crippen LogP contribution in [0.2, 0.25) is 0 Å². The molecule has 2 aliphatic heterocycles. The molecule has 198 valence electrons. The minimum absolute atomic E-state index is 0.0451. The highest BCUT2D eigenvalue weighted by atomic mass is 32.2. The summed E-state index contributed by atoms with van der Waals surface area (Å²) >= 11 is 0. The first kappa shape index (κ1) is 25.7. The van der Waals surface area contributed by atoms with E-state index in [2.05, 4.69) is 5.32 Å². The van der Waals surface area contributed by atoms with Crippen LogP contribution in [0.15, 0.2) is 77.7 Å². The van der Waals surface area contributed by atoms with E-state index in [4.69, 9.17) is 0 Å². The third kappa shape index (κ3) is 5.20. The van der Waals surface area contributed by atoms with Crippen molar-refractivity contribution in [2.45, 2.75) is 17.5 Å². The van der Waals surface area contributed by atoms with E-state index in [1.807, 2.05) is 28.0 Å². The molecule has 2 aliphatic rings. The fraction of sp³-hybridized carbons (Fsp3) is 0.259. The summed E-state index contributed by atoms with van der Waals surface area (Å²) in [6.45, 7) is 1.42. The van der Waals surface area contributed by atoms with Crippen LogP contribution in [0.5, 0.6) is 0 Å². The molecular formula is C27H27FN4O5S. The molecule has 3 aromatic carbocycles. The van der Waals surface area contributed by atoms with E-state index in [1.54, 1.807) is 47.9 Å². The molecule has 1 saturated heterocycles. The molecule has 5 rings (SSSR count). The second-order valence-corrected chi connectivity index (χ2v) is 11.5. The minimum atomic E-state index is -3.29. The largest absolute Gasteiger partial charge is 0.369 e. The van der Waals surface area contributed by atoms with Gasteiger partial charge < -0.3 is 15.1 Å². The zero-order valence-electron chi connectivity index (χ0n) is 20.4. The highest BCUT2D eigenvalue weighted by Gasteiger charge is 2.39. The Morgan fingerprint density at radius 1 is 0.974 bits per heavy atom. The van der Waals surface area contributed by atoms with Gasteiger partial charge in [-0.25, -0.2) is 18.3 Å². The molecule has 1 fully saturated rings. The zero-order chi connectivity index (χ0) is 26.9. The standard InChI is InChI=1S/C27H27FN4O5S/c28-20-9-11-21(12-10-20)32-16-22(27(34)30-35)23(17-32)29-26(33)19-7-5-18(6-8-19)15-31-13-14-38(36,37)25-4-2-1-3-24(25)31/h1-12,22-23,35H,13-17H2,(H,29,33)(H,30,34)/t22-,23+/m0/s1. The maximum absolute atomic E-state index is 13.3. The molecule has 0 aliphatic carbocycles. The SMILES string of the molecule is O=C(N[C@@H]1CN(c2ccc(F)cc2)C[C@@H]1C(=O)NO)c1ccc(CN2CCS(=O)(=O)c3ccccc32)cc1. The summed E-state index contributed by atoms with van der Waals surface area (Å²) in [6, 6.07) is 19.2. The maximum Gasteiger partial charge on any atom is 0.251 e. The Morgan fingerprint density at radius 3 is 2.39 bits per heavy atom. The lowest BCUT2D eigenvalue weighted by Gasteiger charge is -2.31. The van der Waals surface area contributed by atoms with Gasteiger partial charge in [-0.2, -0.15) is 0 Å². The third-order valence-corrected chi connectivity index (χ3v) is 8.77. The molecule has 2 amide bonds. The lowest BCUT2D eigenvalue weighted by Crippen LogP contribution is -2.45. The number of carbonyl (C=O) groups excluding carboxylic acids is 2. The number of sulfone groups is 1. The molecule has 0 bridgehead atoms. The van der Waals surface area contributed by atoms with Crippen molar-refractivity contribution in [1.82, 2.24) is 10.8 Å². The van der Waals surface area contributed by atoms with Crippen molar-refractivity contribution < 1.29 is 27.6 Å². The summed E-state index contributed by atoms with van der Waals surface area (Å²) < 4.78 is 38.1. The van der Waals surface area contributed by atoms with Crippen molar-refractivity contribution in [3.63, 3.8) is 0 Å². The Morgan fingerprint density at radius 2 is 1.68 bits per heavy atom. The van der Waals surface area contributed by atoms with Gasteiger partial charge in [-0.1, -0.05) is 24.3 Å². The van der Waals surface area contributed by atoms with Crippen molar-refractivity contribution in [3.05, 3.63) is 89.7 Å². The second kappa shape index (κ2) is 10.4. The Bertz CT molecular complexity index is 1450. The van der Waals surface area contributed by atoms with Crippen LogP contribution in [-0.4, -0.2) is 56.9 Å². The highest BCUT2D eigenvalue weighted by molar-refractivity contribution is 7.91. The van der Waals surface area contributed by atoms with Gasteiger partial charge >= 0.3 is 0 Å². The number of anilines is 2. The van der Waals surface area contributed by atoms with E-state index in [1.165, 1.54) is 12.1 Å². The number of para-hydroxylation sites is 1. The molecule has 0 radical (unpaired) electrons. The van der Waals surface area contributed by atoms with Crippen LogP contribution in [-0.2, 0) is 21.2 Å². The monoisotopic (exact) mass is 538 g/mol. The van der Waals surface area contributed by atoms with Crippen LogP contribution < -0.4 is 20.6 Å². The number of nitrogens with one attached hydrogen (secondary N) is 2.